The summed E-state index contributed by atoms with van der Waals surface area (Å²) in [7, 11) is 2.16. The minimum Gasteiger partial charge on any atom is -0.463 e. The van der Waals surface area contributed by atoms with E-state index in [0.717, 1.165) is 94.6 Å². The predicted octanol–water partition coefficient (Wildman–Crippen LogP) is 4.02. The van der Waals surface area contributed by atoms with Gasteiger partial charge < -0.3 is 35.2 Å². The van der Waals surface area contributed by atoms with Gasteiger partial charge in [-0.3, -0.25) is 4.98 Å². The number of nitrogen functional groups attached to an aromatic ring is 1. The van der Waals surface area contributed by atoms with Crippen LogP contribution in [0.1, 0.15) is 42.4 Å². The molecule has 3 N–H and O–H groups in total. The normalized spacial score (nSPS) is 23.6. The Morgan fingerprint density at radius 2 is 1.85 bits per heavy atom. The number of nitrogens with one attached hydrogen (secondary N) is 1. The summed E-state index contributed by atoms with van der Waals surface area (Å²) >= 11 is 0.962. The number of anilines is 2. The molecule has 1 saturated carbocycles. The number of aromatic nitrogens is 3. The van der Waals surface area contributed by atoms with Crippen molar-refractivity contribution < 1.29 is 18.3 Å². The number of halogens is 2. The molecule has 3 saturated heterocycles. The first-order valence-electron chi connectivity index (χ1n) is 16.8. The Hall–Kier alpha value is -3.74. The Morgan fingerprint density at radius 1 is 1.10 bits per heavy atom. The van der Waals surface area contributed by atoms with Gasteiger partial charge in [-0.1, -0.05) is 0 Å². The van der Waals surface area contributed by atoms with Crippen LogP contribution >= 0.6 is 11.3 Å². The van der Waals surface area contributed by atoms with Gasteiger partial charge in [0.05, 0.1) is 47.4 Å². The number of thiophene rings is 1. The molecule has 48 heavy (non-hydrogen) atoms. The first kappa shape index (κ1) is 30.3. The van der Waals surface area contributed by atoms with Gasteiger partial charge in [0.25, 0.3) is 0 Å². The second-order valence-corrected chi connectivity index (χ2v) is 15.2. The molecular formula is C34H37F2N9O2S. The van der Waals surface area contributed by atoms with E-state index in [1.54, 1.807) is 0 Å². The van der Waals surface area contributed by atoms with Crippen molar-refractivity contribution >= 4 is 43.1 Å². The lowest BCUT2D eigenvalue weighted by Crippen LogP contribution is -2.52. The molecule has 0 amide bonds. The molecule has 0 spiro atoms. The number of pyridine rings is 1. The zero-order chi connectivity index (χ0) is 32.7. The highest BCUT2D eigenvalue weighted by molar-refractivity contribution is 7.23. The number of likely N-dealkylation sites (N-methyl/N-ethyl adjacent to an activating group) is 1. The molecule has 5 aliphatic rings. The molecule has 2 bridgehead atoms. The highest BCUT2D eigenvalue weighted by Gasteiger charge is 2.46. The lowest BCUT2D eigenvalue weighted by molar-refractivity contribution is 0.107. The van der Waals surface area contributed by atoms with Crippen molar-refractivity contribution in [3.63, 3.8) is 0 Å². The van der Waals surface area contributed by atoms with Crippen LogP contribution in [-0.2, 0) is 18.0 Å². The molecule has 2 unspecified atom stereocenters. The van der Waals surface area contributed by atoms with Gasteiger partial charge in [-0.05, 0) is 43.9 Å². The summed E-state index contributed by atoms with van der Waals surface area (Å²) in [6.45, 7) is 7.63. The van der Waals surface area contributed by atoms with E-state index < -0.39 is 11.6 Å². The standard InChI is InChI=1S/C34H37F2N9O2S/c1-43-6-8-44(9-7-43)16-34(4-5-34)17-47-33-41-29-26(32(42-33)45-18-2-3-19(45)12-39-11-18)22-15-46-14-21(22)24(27(29)36)28-25-20(10-37)31(38)48-30(25)23(35)13-40-28/h13,18-19,39H,2-9,11-12,14-17,38H2,1H3. The Labute approximate surface area is 280 Å². The van der Waals surface area contributed by atoms with Gasteiger partial charge in [0, 0.05) is 74.3 Å². The van der Waals surface area contributed by atoms with Gasteiger partial charge in [0.1, 0.15) is 22.4 Å². The molecule has 250 valence electrons. The van der Waals surface area contributed by atoms with Gasteiger partial charge in [-0.25, -0.2) is 8.78 Å². The van der Waals surface area contributed by atoms with Gasteiger partial charge in [-0.15, -0.1) is 11.3 Å². The van der Waals surface area contributed by atoms with Crippen molar-refractivity contribution in [1.29, 1.82) is 5.26 Å². The average Bonchev–Trinajstić information content (AvgIpc) is 3.38. The number of ether oxygens (including phenoxy) is 2. The third-order valence-electron chi connectivity index (χ3n) is 11.0. The number of rotatable bonds is 7. The Kier molecular flexibility index (Phi) is 7.21. The zero-order valence-corrected chi connectivity index (χ0v) is 27.6. The Balaban J connectivity index is 1.19. The quantitative estimate of drug-likeness (QED) is 0.295. The van der Waals surface area contributed by atoms with E-state index >= 15 is 4.39 Å². The number of piperazine rings is 2. The lowest BCUT2D eigenvalue weighted by atomic mass is 9.93. The molecule has 1 aliphatic carbocycles. The zero-order valence-electron chi connectivity index (χ0n) is 26.8. The van der Waals surface area contributed by atoms with Crippen molar-refractivity contribution in [2.45, 2.75) is 51.0 Å². The van der Waals surface area contributed by atoms with Crippen LogP contribution in [0.4, 0.5) is 19.6 Å². The maximum absolute atomic E-state index is 17.4. The largest absolute Gasteiger partial charge is 0.463 e. The number of fused-ring (bicyclic) bond motifs is 6. The van der Waals surface area contributed by atoms with Crippen LogP contribution in [0.2, 0.25) is 0 Å². The van der Waals surface area contributed by atoms with Crippen LogP contribution in [0.15, 0.2) is 6.20 Å². The third kappa shape index (κ3) is 4.81. The molecule has 11 nitrogen and oxygen atoms in total. The summed E-state index contributed by atoms with van der Waals surface area (Å²) < 4.78 is 44.9. The molecule has 9 rings (SSSR count). The van der Waals surface area contributed by atoms with Crippen LogP contribution in [-0.4, -0.2) is 96.3 Å². The number of nitriles is 1. The Morgan fingerprint density at radius 3 is 2.58 bits per heavy atom. The van der Waals surface area contributed by atoms with E-state index in [1.807, 2.05) is 0 Å². The van der Waals surface area contributed by atoms with Crippen LogP contribution in [0, 0.1) is 28.4 Å². The molecular weight excluding hydrogens is 636 g/mol. The minimum atomic E-state index is -0.613. The average molecular weight is 674 g/mol. The maximum atomic E-state index is 17.4. The van der Waals surface area contributed by atoms with Crippen LogP contribution < -0.4 is 20.7 Å². The molecule has 0 radical (unpaired) electrons. The van der Waals surface area contributed by atoms with E-state index in [0.29, 0.717) is 23.4 Å². The number of benzene rings is 1. The number of nitrogens with zero attached hydrogens (tertiary/aromatic N) is 7. The van der Waals surface area contributed by atoms with Gasteiger partial charge in [0.2, 0.25) is 0 Å². The maximum Gasteiger partial charge on any atom is 0.319 e. The predicted molar refractivity (Wildman–Crippen MR) is 179 cm³/mol. The van der Waals surface area contributed by atoms with E-state index in [2.05, 4.69) is 38.1 Å². The van der Waals surface area contributed by atoms with E-state index in [-0.39, 0.29) is 74.1 Å². The minimum absolute atomic E-state index is 0.0359. The van der Waals surface area contributed by atoms with Crippen molar-refractivity contribution in [3.05, 3.63) is 34.5 Å². The molecule has 4 fully saturated rings. The van der Waals surface area contributed by atoms with Crippen LogP contribution in [0.5, 0.6) is 6.01 Å². The highest BCUT2D eigenvalue weighted by Crippen LogP contribution is 2.49. The van der Waals surface area contributed by atoms with Crippen molar-refractivity contribution in [2.24, 2.45) is 5.41 Å². The van der Waals surface area contributed by atoms with E-state index in [4.69, 9.17) is 25.2 Å². The molecule has 4 aromatic rings. The SMILES string of the molecule is CN1CCN(CC2(COc3nc(N4C5CCC4CNC5)c4c5c(c(-c6ncc(F)c7sc(N)c(C#N)c67)c(F)c4n3)COC5)CC2)CC1. The van der Waals surface area contributed by atoms with Gasteiger partial charge >= 0.3 is 6.01 Å². The summed E-state index contributed by atoms with van der Waals surface area (Å²) in [5, 5.41) is 14.5. The smallest absolute Gasteiger partial charge is 0.319 e. The molecule has 7 heterocycles. The monoisotopic (exact) mass is 673 g/mol. The first-order valence-corrected chi connectivity index (χ1v) is 17.6. The molecule has 3 aromatic heterocycles. The fourth-order valence-electron chi connectivity index (χ4n) is 8.23. The third-order valence-corrected chi connectivity index (χ3v) is 12.1. The number of hydrogen-bond donors (Lipinski definition) is 2. The molecule has 4 aliphatic heterocycles. The van der Waals surface area contributed by atoms with E-state index in [9.17, 15) is 9.65 Å². The van der Waals surface area contributed by atoms with E-state index in [1.165, 1.54) is 0 Å². The second kappa shape index (κ2) is 11.4. The van der Waals surface area contributed by atoms with Crippen LogP contribution in [0.25, 0.3) is 32.2 Å². The fourth-order valence-corrected chi connectivity index (χ4v) is 9.15. The summed E-state index contributed by atoms with van der Waals surface area (Å²) in [5.74, 6) is -0.547. The summed E-state index contributed by atoms with van der Waals surface area (Å²) in [6, 6.07) is 2.67. The molecule has 14 heteroatoms. The number of nitrogens with two attached hydrogens (primary N) is 1. The van der Waals surface area contributed by atoms with Crippen molar-refractivity contribution in [2.75, 3.05) is 70.1 Å². The van der Waals surface area contributed by atoms with Crippen molar-refractivity contribution in [1.82, 2.24) is 30.1 Å². The number of hydrogen-bond acceptors (Lipinski definition) is 12. The first-order chi connectivity index (χ1) is 23.3. The second-order valence-electron chi connectivity index (χ2n) is 14.1. The molecule has 2 atom stereocenters. The summed E-state index contributed by atoms with van der Waals surface area (Å²) in [4.78, 5) is 21.4. The van der Waals surface area contributed by atoms with Crippen molar-refractivity contribution in [3.8, 4) is 23.3 Å². The molecule has 1 aromatic carbocycles. The van der Waals surface area contributed by atoms with Gasteiger partial charge in [0.15, 0.2) is 11.6 Å². The van der Waals surface area contributed by atoms with Gasteiger partial charge in [-0.2, -0.15) is 15.2 Å². The Bertz CT molecular complexity index is 1990. The highest BCUT2D eigenvalue weighted by atomic mass is 32.1. The topological polar surface area (TPSA) is 129 Å². The lowest BCUT2D eigenvalue weighted by Gasteiger charge is -2.37. The fraction of sp³-hybridized carbons (Fsp3) is 0.529. The summed E-state index contributed by atoms with van der Waals surface area (Å²) in [5.41, 5.74) is 8.10. The summed E-state index contributed by atoms with van der Waals surface area (Å²) in [6.07, 6.45) is 5.24. The van der Waals surface area contributed by atoms with Crippen LogP contribution in [0.3, 0.4) is 0 Å².